The highest BCUT2D eigenvalue weighted by Crippen LogP contribution is 2.25. The van der Waals surface area contributed by atoms with Crippen molar-refractivity contribution >= 4 is 0 Å². The van der Waals surface area contributed by atoms with Crippen LogP contribution in [0.4, 0.5) is 0 Å². The minimum absolute atomic E-state index is 0.211. The molecule has 0 aromatic heterocycles. The Balaban J connectivity index is 2.72. The summed E-state index contributed by atoms with van der Waals surface area (Å²) in [7, 11) is 2.18. The zero-order valence-corrected chi connectivity index (χ0v) is 10.8. The first-order chi connectivity index (χ1) is 6.88. The molecule has 15 heavy (non-hydrogen) atoms. The van der Waals surface area contributed by atoms with Crippen molar-refractivity contribution < 1.29 is 5.11 Å². The standard InChI is InChI=1S/C12H26N2O/c1-10(2)14-8-11(6-7-15)13(5)12(3,4)9-14/h10-11,15H,6-9H2,1-5H3. The van der Waals surface area contributed by atoms with Crippen LogP contribution in [0.1, 0.15) is 34.1 Å². The van der Waals surface area contributed by atoms with Crippen molar-refractivity contribution in [3.05, 3.63) is 0 Å². The minimum Gasteiger partial charge on any atom is -0.396 e. The highest BCUT2D eigenvalue weighted by Gasteiger charge is 2.37. The van der Waals surface area contributed by atoms with Crippen LogP contribution in [0.15, 0.2) is 0 Å². The van der Waals surface area contributed by atoms with Crippen LogP contribution in [0.2, 0.25) is 0 Å². The molecule has 1 saturated heterocycles. The van der Waals surface area contributed by atoms with Gasteiger partial charge in [0.25, 0.3) is 0 Å². The van der Waals surface area contributed by atoms with E-state index in [1.165, 1.54) is 0 Å². The highest BCUT2D eigenvalue weighted by atomic mass is 16.3. The molecule has 0 radical (unpaired) electrons. The topological polar surface area (TPSA) is 26.7 Å². The summed E-state index contributed by atoms with van der Waals surface area (Å²) in [6.07, 6.45) is 0.878. The lowest BCUT2D eigenvalue weighted by molar-refractivity contribution is -0.0262. The van der Waals surface area contributed by atoms with Gasteiger partial charge in [-0.1, -0.05) is 0 Å². The summed E-state index contributed by atoms with van der Waals surface area (Å²) in [6.45, 7) is 11.5. The van der Waals surface area contributed by atoms with Crippen LogP contribution in [-0.4, -0.2) is 59.3 Å². The molecule has 1 N–H and O–H groups in total. The third-order valence-corrected chi connectivity index (χ3v) is 3.73. The van der Waals surface area contributed by atoms with Crippen LogP contribution >= 0.6 is 0 Å². The van der Waals surface area contributed by atoms with Crippen molar-refractivity contribution in [2.24, 2.45) is 0 Å². The number of hydrogen-bond acceptors (Lipinski definition) is 3. The van der Waals surface area contributed by atoms with Crippen LogP contribution in [0, 0.1) is 0 Å². The van der Waals surface area contributed by atoms with Gasteiger partial charge < -0.3 is 5.11 Å². The SMILES string of the molecule is CC(C)N1CC(CCO)N(C)C(C)(C)C1. The fraction of sp³-hybridized carbons (Fsp3) is 1.00. The maximum absolute atomic E-state index is 9.09. The monoisotopic (exact) mass is 214 g/mol. The summed E-state index contributed by atoms with van der Waals surface area (Å²) >= 11 is 0. The lowest BCUT2D eigenvalue weighted by Crippen LogP contribution is -2.63. The van der Waals surface area contributed by atoms with Gasteiger partial charge in [0.05, 0.1) is 0 Å². The van der Waals surface area contributed by atoms with Crippen molar-refractivity contribution in [1.29, 1.82) is 0 Å². The molecule has 1 fully saturated rings. The average Bonchev–Trinajstić information content (AvgIpc) is 2.12. The van der Waals surface area contributed by atoms with E-state index in [0.717, 1.165) is 19.5 Å². The first-order valence-electron chi connectivity index (χ1n) is 5.96. The normalized spacial score (nSPS) is 28.6. The molecule has 0 amide bonds. The largest absolute Gasteiger partial charge is 0.396 e. The van der Waals surface area contributed by atoms with Gasteiger partial charge in [0.1, 0.15) is 0 Å². The summed E-state index contributed by atoms with van der Waals surface area (Å²) in [4.78, 5) is 4.93. The molecule has 3 heteroatoms. The highest BCUT2D eigenvalue weighted by molar-refractivity contribution is 4.94. The molecule has 1 unspecified atom stereocenters. The Morgan fingerprint density at radius 2 is 2.00 bits per heavy atom. The zero-order chi connectivity index (χ0) is 11.6. The molecular formula is C12H26N2O. The number of likely N-dealkylation sites (N-methyl/N-ethyl adjacent to an activating group) is 1. The molecule has 1 aliphatic heterocycles. The first kappa shape index (κ1) is 12.9. The molecule has 1 rings (SSSR count). The van der Waals surface area contributed by atoms with Crippen LogP contribution in [0.3, 0.4) is 0 Å². The van der Waals surface area contributed by atoms with E-state index in [2.05, 4.69) is 44.5 Å². The van der Waals surface area contributed by atoms with Crippen LogP contribution in [0.5, 0.6) is 0 Å². The molecule has 1 atom stereocenters. The second-order valence-corrected chi connectivity index (χ2v) is 5.61. The molecule has 90 valence electrons. The molecule has 0 saturated carbocycles. The maximum Gasteiger partial charge on any atom is 0.0446 e. The van der Waals surface area contributed by atoms with Gasteiger partial charge in [0, 0.05) is 37.3 Å². The zero-order valence-electron chi connectivity index (χ0n) is 10.8. The predicted molar refractivity (Wildman–Crippen MR) is 64.0 cm³/mol. The van der Waals surface area contributed by atoms with Gasteiger partial charge in [-0.15, -0.1) is 0 Å². The summed E-state index contributed by atoms with van der Waals surface area (Å²) in [6, 6.07) is 1.08. The Bertz CT molecular complexity index is 204. The third kappa shape index (κ3) is 2.92. The first-order valence-corrected chi connectivity index (χ1v) is 5.96. The third-order valence-electron chi connectivity index (χ3n) is 3.73. The Kier molecular flexibility index (Phi) is 4.15. The average molecular weight is 214 g/mol. The fourth-order valence-electron chi connectivity index (χ4n) is 2.39. The number of piperazine rings is 1. The lowest BCUT2D eigenvalue weighted by atomic mass is 9.93. The van der Waals surface area contributed by atoms with Gasteiger partial charge in [0.2, 0.25) is 0 Å². The second-order valence-electron chi connectivity index (χ2n) is 5.61. The van der Waals surface area contributed by atoms with Crippen molar-refractivity contribution in [2.45, 2.75) is 51.7 Å². The molecule has 0 bridgehead atoms. The van der Waals surface area contributed by atoms with E-state index in [4.69, 9.17) is 5.11 Å². The Labute approximate surface area is 94.1 Å². The smallest absolute Gasteiger partial charge is 0.0446 e. The molecule has 3 nitrogen and oxygen atoms in total. The van der Waals surface area contributed by atoms with Gasteiger partial charge in [-0.2, -0.15) is 0 Å². The van der Waals surface area contributed by atoms with Gasteiger partial charge in [-0.05, 0) is 41.2 Å². The molecule has 1 heterocycles. The van der Waals surface area contributed by atoms with E-state index >= 15 is 0 Å². The van der Waals surface area contributed by atoms with Crippen LogP contribution in [0.25, 0.3) is 0 Å². The quantitative estimate of drug-likeness (QED) is 0.764. The van der Waals surface area contributed by atoms with Crippen molar-refractivity contribution in [3.63, 3.8) is 0 Å². The van der Waals surface area contributed by atoms with Crippen molar-refractivity contribution in [3.8, 4) is 0 Å². The van der Waals surface area contributed by atoms with Gasteiger partial charge in [-0.25, -0.2) is 0 Å². The maximum atomic E-state index is 9.09. The molecule has 0 aliphatic carbocycles. The Morgan fingerprint density at radius 3 is 2.47 bits per heavy atom. The summed E-state index contributed by atoms with van der Waals surface area (Å²) in [5, 5.41) is 9.09. The minimum atomic E-state index is 0.211. The van der Waals surface area contributed by atoms with Gasteiger partial charge in [-0.3, -0.25) is 9.80 Å². The molecule has 0 spiro atoms. The molecule has 1 aliphatic rings. The number of nitrogens with zero attached hydrogens (tertiary/aromatic N) is 2. The number of hydrogen-bond donors (Lipinski definition) is 1. The lowest BCUT2D eigenvalue weighted by Gasteiger charge is -2.51. The fourth-order valence-corrected chi connectivity index (χ4v) is 2.39. The second kappa shape index (κ2) is 4.81. The number of aliphatic hydroxyl groups excluding tert-OH is 1. The van der Waals surface area contributed by atoms with E-state index in [9.17, 15) is 0 Å². The van der Waals surface area contributed by atoms with Crippen LogP contribution in [-0.2, 0) is 0 Å². The predicted octanol–water partition coefficient (Wildman–Crippen LogP) is 1.17. The van der Waals surface area contributed by atoms with Gasteiger partial charge in [0.15, 0.2) is 0 Å². The van der Waals surface area contributed by atoms with Crippen molar-refractivity contribution in [2.75, 3.05) is 26.7 Å². The number of rotatable bonds is 3. The summed E-state index contributed by atoms with van der Waals surface area (Å²) in [5.41, 5.74) is 0.211. The van der Waals surface area contributed by atoms with E-state index in [1.807, 2.05) is 0 Å². The number of aliphatic hydroxyl groups is 1. The van der Waals surface area contributed by atoms with Crippen molar-refractivity contribution in [1.82, 2.24) is 9.80 Å². The van der Waals surface area contributed by atoms with Crippen LogP contribution < -0.4 is 0 Å². The summed E-state index contributed by atoms with van der Waals surface area (Å²) < 4.78 is 0. The molecule has 0 aromatic rings. The molecule has 0 aromatic carbocycles. The summed E-state index contributed by atoms with van der Waals surface area (Å²) in [5.74, 6) is 0. The Morgan fingerprint density at radius 1 is 1.40 bits per heavy atom. The Hall–Kier alpha value is -0.120. The molecular weight excluding hydrogens is 188 g/mol. The van der Waals surface area contributed by atoms with Gasteiger partial charge >= 0.3 is 0 Å². The van der Waals surface area contributed by atoms with E-state index in [0.29, 0.717) is 12.1 Å². The van der Waals surface area contributed by atoms with E-state index in [-0.39, 0.29) is 12.1 Å². The van der Waals surface area contributed by atoms with E-state index < -0.39 is 0 Å². The van der Waals surface area contributed by atoms with E-state index in [1.54, 1.807) is 0 Å².